The van der Waals surface area contributed by atoms with Gasteiger partial charge >= 0.3 is 5.97 Å². The summed E-state index contributed by atoms with van der Waals surface area (Å²) in [6, 6.07) is -2.98. The van der Waals surface area contributed by atoms with Crippen LogP contribution in [0.5, 0.6) is 0 Å². The molecule has 5 nitrogen and oxygen atoms in total. The smallest absolute Gasteiger partial charge is 0.328 e. The number of carbonyl (C=O) groups is 2. The van der Waals surface area contributed by atoms with Gasteiger partial charge < -0.3 is 15.5 Å². The first kappa shape index (κ1) is 4.68. The molecule has 1 unspecified atom stereocenters. The summed E-state index contributed by atoms with van der Waals surface area (Å²) in [6.45, 7) is -1.53. The van der Waals surface area contributed by atoms with Crippen molar-refractivity contribution in [3.05, 3.63) is 0 Å². The molecule has 0 aromatic carbocycles. The van der Waals surface area contributed by atoms with Crippen LogP contribution in [0.15, 0.2) is 0 Å². The Hall–Kier alpha value is -1.10. The first-order chi connectivity index (χ1) is 5.74. The third kappa shape index (κ3) is 3.03. The third-order valence-corrected chi connectivity index (χ3v) is 0.619. The molecule has 0 aliphatic heterocycles. The van der Waals surface area contributed by atoms with E-state index in [1.54, 1.807) is 0 Å². The van der Waals surface area contributed by atoms with E-state index in [0.29, 0.717) is 0 Å². The Bertz CT molecular complexity index is 234. The highest BCUT2D eigenvalue weighted by atomic mass is 16.4. The minimum atomic E-state index is -2.98. The van der Waals surface area contributed by atoms with Crippen LogP contribution in [0.25, 0.3) is 0 Å². The summed E-state index contributed by atoms with van der Waals surface area (Å²) in [4.78, 5) is 21.0. The molecule has 58 valence electrons. The maximum Gasteiger partial charge on any atom is 0.328 e. The predicted octanol–water partition coefficient (Wildman–Crippen LogP) is -1.43. The van der Waals surface area contributed by atoms with E-state index in [0.717, 1.165) is 6.92 Å². The van der Waals surface area contributed by atoms with Crippen molar-refractivity contribution in [2.45, 2.75) is 12.9 Å². The van der Waals surface area contributed by atoms with Gasteiger partial charge in [-0.3, -0.25) is 4.79 Å². The van der Waals surface area contributed by atoms with E-state index in [1.807, 2.05) is 0 Å². The second-order valence-electron chi connectivity index (χ2n) is 1.45. The molecule has 0 aliphatic carbocycles. The molecule has 0 spiro atoms. The average molecular weight is 150 g/mol. The second kappa shape index (κ2) is 3.84. The number of carboxylic acid groups (broad SMARTS) is 1. The van der Waals surface area contributed by atoms with E-state index in [-0.39, 0.29) is 5.31 Å². The maximum atomic E-state index is 10.6. The van der Waals surface area contributed by atoms with Crippen LogP contribution in [0.4, 0.5) is 0 Å². The van der Waals surface area contributed by atoms with Gasteiger partial charge in [0.25, 0.3) is 0 Å². The summed E-state index contributed by atoms with van der Waals surface area (Å²) >= 11 is 0. The van der Waals surface area contributed by atoms with Gasteiger partial charge in [-0.1, -0.05) is 0 Å². The zero-order chi connectivity index (χ0) is 10.8. The van der Waals surface area contributed by atoms with Crippen LogP contribution >= 0.6 is 0 Å². The minimum Gasteiger partial charge on any atom is -0.480 e. The second-order valence-corrected chi connectivity index (χ2v) is 1.45. The highest BCUT2D eigenvalue weighted by Gasteiger charge is 2.15. The number of hydrogen-bond donors (Lipinski definition) is 3. The van der Waals surface area contributed by atoms with Crippen molar-refractivity contribution < 1.29 is 24.0 Å². The Morgan fingerprint density at radius 2 is 2.50 bits per heavy atom. The number of hydrogen-bond acceptors (Lipinski definition) is 3. The molecule has 0 radical (unpaired) electrons. The zero-order valence-electron chi connectivity index (χ0n) is 8.24. The summed E-state index contributed by atoms with van der Waals surface area (Å²) < 4.78 is 20.6. The lowest BCUT2D eigenvalue weighted by molar-refractivity contribution is -0.142. The molecule has 1 amide bonds. The molecule has 0 aromatic rings. The molecule has 0 fully saturated rings. The van der Waals surface area contributed by atoms with Gasteiger partial charge in [0.05, 0.1) is 9.32 Å². The molecule has 0 rings (SSSR count). The highest BCUT2D eigenvalue weighted by molar-refractivity contribution is 5.82. The number of carboxylic acids is 1. The average Bonchev–Trinajstić information content (AvgIpc) is 2.00. The number of amides is 1. The largest absolute Gasteiger partial charge is 0.480 e. The van der Waals surface area contributed by atoms with Crippen molar-refractivity contribution >= 4 is 11.9 Å². The Morgan fingerprint density at radius 1 is 2.00 bits per heavy atom. The van der Waals surface area contributed by atoms with Crippen molar-refractivity contribution in [3.8, 4) is 0 Å². The Morgan fingerprint density at radius 3 is 2.60 bits per heavy atom. The highest BCUT2D eigenvalue weighted by Crippen LogP contribution is 1.80. The normalized spacial score (nSPS) is 22.8. The third-order valence-electron chi connectivity index (χ3n) is 0.619. The van der Waals surface area contributed by atoms with Crippen molar-refractivity contribution in [2.75, 3.05) is 6.58 Å². The van der Waals surface area contributed by atoms with Crippen LogP contribution < -0.4 is 5.31 Å². The van der Waals surface area contributed by atoms with Gasteiger partial charge in [0.1, 0.15) is 6.02 Å². The molecule has 3 N–H and O–H groups in total. The standard InChI is InChI=1S/C5H9NO4/c1-3(8)6-4(2-7)5(9)10/h4,7H,2H2,1H3,(H,6,8)(H,9,10)/t4-/m0/s1/i2D,4D/hD/t2?,4-. The van der Waals surface area contributed by atoms with E-state index in [9.17, 15) is 9.59 Å². The Labute approximate surface area is 61.9 Å². The van der Waals surface area contributed by atoms with Gasteiger partial charge in [0, 0.05) is 6.92 Å². The van der Waals surface area contributed by atoms with E-state index in [1.165, 1.54) is 0 Å². The molecule has 10 heavy (non-hydrogen) atoms. The van der Waals surface area contributed by atoms with Gasteiger partial charge in [-0.15, -0.1) is 0 Å². The fourth-order valence-corrected chi connectivity index (χ4v) is 0.302. The van der Waals surface area contributed by atoms with Crippen LogP contribution in [0.1, 0.15) is 9.67 Å². The van der Waals surface area contributed by atoms with Crippen LogP contribution in [0.2, 0.25) is 1.41 Å². The summed E-state index contributed by atoms with van der Waals surface area (Å²) in [5.74, 6) is -2.97. The van der Waals surface area contributed by atoms with Crippen molar-refractivity contribution in [1.82, 2.24) is 5.31 Å². The molecule has 0 bridgehead atoms. The number of aliphatic hydroxyl groups excluding tert-OH is 1. The predicted molar refractivity (Wildman–Crippen MR) is 32.3 cm³/mol. The number of aliphatic carboxylic acids is 1. The summed E-state index contributed by atoms with van der Waals surface area (Å²) in [5, 5.41) is 16.8. The van der Waals surface area contributed by atoms with Gasteiger partial charge in [-0.05, 0) is 0 Å². The molecule has 0 aromatic heterocycles. The summed E-state index contributed by atoms with van der Waals surface area (Å²) in [6.07, 6.45) is 0. The number of rotatable bonds is 3. The topological polar surface area (TPSA) is 86.6 Å². The van der Waals surface area contributed by atoms with Crippen molar-refractivity contribution in [2.24, 2.45) is 0 Å². The lowest BCUT2D eigenvalue weighted by Crippen LogP contribution is -2.42. The van der Waals surface area contributed by atoms with Crippen LogP contribution in [-0.2, 0) is 9.59 Å². The fourth-order valence-electron chi connectivity index (χ4n) is 0.302. The number of aliphatic hydroxyl groups is 1. The zero-order valence-corrected chi connectivity index (χ0v) is 5.24. The van der Waals surface area contributed by atoms with Crippen molar-refractivity contribution in [3.63, 3.8) is 0 Å². The van der Waals surface area contributed by atoms with Crippen LogP contribution in [-0.4, -0.2) is 34.7 Å². The molecule has 0 heterocycles. The summed E-state index contributed by atoms with van der Waals surface area (Å²) in [5.41, 5.74) is 0. The number of nitrogens with one attached hydrogen (secondary N) is 1. The van der Waals surface area contributed by atoms with Gasteiger partial charge in [0.2, 0.25) is 5.91 Å². The molecule has 5 heteroatoms. The minimum absolute atomic E-state index is 0.257. The first-order valence-electron chi connectivity index (χ1n) is 3.90. The van der Waals surface area contributed by atoms with Gasteiger partial charge in [-0.2, -0.15) is 0 Å². The van der Waals surface area contributed by atoms with E-state index >= 15 is 0 Å². The van der Waals surface area contributed by atoms with E-state index in [2.05, 4.69) is 0 Å². The molecular formula is C5H9NO4. The van der Waals surface area contributed by atoms with Gasteiger partial charge in [0.15, 0.2) is 1.41 Å². The summed E-state index contributed by atoms with van der Waals surface area (Å²) in [7, 11) is 0. The Balaban J connectivity index is 5.01. The van der Waals surface area contributed by atoms with E-state index in [4.69, 9.17) is 14.4 Å². The number of carbonyl (C=O) groups excluding carboxylic acids is 1. The molecule has 0 saturated heterocycles. The SMILES string of the molecule is [2H]C(O)[C@@]([2H])(C(=O)O)N([2H])C(C)=O. The van der Waals surface area contributed by atoms with Crippen LogP contribution in [0, 0.1) is 0 Å². The maximum absolute atomic E-state index is 10.6. The van der Waals surface area contributed by atoms with E-state index < -0.39 is 24.5 Å². The quantitative estimate of drug-likeness (QED) is 0.460. The first-order valence-corrected chi connectivity index (χ1v) is 2.38. The van der Waals surface area contributed by atoms with Crippen molar-refractivity contribution in [1.29, 1.82) is 0 Å². The monoisotopic (exact) mass is 150 g/mol. The lowest BCUT2D eigenvalue weighted by atomic mass is 10.3. The molecule has 2 atom stereocenters. The Kier molecular flexibility index (Phi) is 1.79. The molecule has 0 aliphatic rings. The molecule has 0 saturated carbocycles. The van der Waals surface area contributed by atoms with Crippen LogP contribution in [0.3, 0.4) is 0 Å². The van der Waals surface area contributed by atoms with Gasteiger partial charge in [-0.25, -0.2) is 4.79 Å². The lowest BCUT2D eigenvalue weighted by Gasteiger charge is -2.08. The molecular weight excluding hydrogens is 138 g/mol. The fraction of sp³-hybridized carbons (Fsp3) is 0.600.